The van der Waals surface area contributed by atoms with Gasteiger partial charge in [-0.2, -0.15) is 0 Å². The van der Waals surface area contributed by atoms with Gasteiger partial charge in [0.1, 0.15) is 17.4 Å². The molecule has 0 fully saturated rings. The van der Waals surface area contributed by atoms with Crippen LogP contribution in [0.1, 0.15) is 17.9 Å². The zero-order valence-electron chi connectivity index (χ0n) is 16.1. The summed E-state index contributed by atoms with van der Waals surface area (Å²) in [5, 5.41) is 3.27. The average Bonchev–Trinajstić information content (AvgIpc) is 2.73. The monoisotopic (exact) mass is 381 g/mol. The molecule has 0 aromatic heterocycles. The molecule has 2 atom stereocenters. The van der Waals surface area contributed by atoms with E-state index in [1.807, 2.05) is 30.3 Å². The van der Waals surface area contributed by atoms with Gasteiger partial charge in [0.15, 0.2) is 5.78 Å². The lowest BCUT2D eigenvalue weighted by Crippen LogP contribution is -2.34. The quantitative estimate of drug-likeness (QED) is 0.609. The van der Waals surface area contributed by atoms with E-state index in [9.17, 15) is 9.59 Å². The van der Waals surface area contributed by atoms with Gasteiger partial charge in [0.05, 0.1) is 27.0 Å². The highest BCUT2D eigenvalue weighted by atomic mass is 16.5. The average molecular weight is 381 g/mol. The number of hydrogen-bond acceptors (Lipinski definition) is 6. The Morgan fingerprint density at radius 3 is 2.43 bits per heavy atom. The predicted octanol–water partition coefficient (Wildman–Crippen LogP) is 3.55. The van der Waals surface area contributed by atoms with Gasteiger partial charge in [0.2, 0.25) is 0 Å². The molecule has 1 N–H and O–H groups in total. The number of nitrogens with one attached hydrogen (secondary N) is 1. The van der Waals surface area contributed by atoms with Crippen LogP contribution in [0, 0.1) is 5.92 Å². The SMILES string of the molecule is COC(=O)[C@@H]1C(=O)C=C(Nc2cc(OC)ccc2OC)C[C@@H]1c1ccccc1. The smallest absolute Gasteiger partial charge is 0.317 e. The molecule has 0 spiro atoms. The minimum absolute atomic E-state index is 0.281. The van der Waals surface area contributed by atoms with E-state index in [-0.39, 0.29) is 11.7 Å². The number of rotatable bonds is 6. The van der Waals surface area contributed by atoms with E-state index >= 15 is 0 Å². The predicted molar refractivity (Wildman–Crippen MR) is 106 cm³/mol. The Balaban J connectivity index is 1.95. The van der Waals surface area contributed by atoms with Crippen molar-refractivity contribution in [3.8, 4) is 11.5 Å². The maximum Gasteiger partial charge on any atom is 0.317 e. The molecule has 2 aromatic carbocycles. The van der Waals surface area contributed by atoms with Crippen molar-refractivity contribution in [1.82, 2.24) is 0 Å². The van der Waals surface area contributed by atoms with Crippen LogP contribution in [-0.2, 0) is 14.3 Å². The molecule has 0 heterocycles. The van der Waals surface area contributed by atoms with Crippen molar-refractivity contribution in [2.24, 2.45) is 5.92 Å². The van der Waals surface area contributed by atoms with Crippen LogP contribution >= 0.6 is 0 Å². The molecule has 0 saturated carbocycles. The number of anilines is 1. The summed E-state index contributed by atoms with van der Waals surface area (Å²) in [6.45, 7) is 0. The lowest BCUT2D eigenvalue weighted by Gasteiger charge is -2.29. The van der Waals surface area contributed by atoms with E-state index in [4.69, 9.17) is 14.2 Å². The largest absolute Gasteiger partial charge is 0.497 e. The summed E-state index contributed by atoms with van der Waals surface area (Å²) in [5.74, 6) is -0.682. The number of hydrogen-bond donors (Lipinski definition) is 1. The van der Waals surface area contributed by atoms with Crippen LogP contribution in [0.3, 0.4) is 0 Å². The summed E-state index contributed by atoms with van der Waals surface area (Å²) in [6.07, 6.45) is 1.95. The Bertz CT molecular complexity index is 891. The van der Waals surface area contributed by atoms with E-state index in [1.54, 1.807) is 32.4 Å². The van der Waals surface area contributed by atoms with Gasteiger partial charge in [-0.3, -0.25) is 9.59 Å². The number of carbonyl (C=O) groups is 2. The van der Waals surface area contributed by atoms with Gasteiger partial charge >= 0.3 is 5.97 Å². The molecule has 2 aromatic rings. The summed E-state index contributed by atoms with van der Waals surface area (Å²) in [7, 11) is 4.46. The Hall–Kier alpha value is -3.28. The number of ketones is 1. The maximum absolute atomic E-state index is 12.8. The minimum Gasteiger partial charge on any atom is -0.497 e. The standard InChI is InChI=1S/C22H23NO5/c1-26-16-9-10-20(27-2)18(13-16)23-15-11-17(14-7-5-4-6-8-14)21(19(24)12-15)22(25)28-3/h4-10,12-13,17,21,23H,11H2,1-3H3/t17-,21+/m1/s1. The summed E-state index contributed by atoms with van der Waals surface area (Å²) < 4.78 is 15.6. The molecule has 0 bridgehead atoms. The highest BCUT2D eigenvalue weighted by Gasteiger charge is 2.39. The molecule has 28 heavy (non-hydrogen) atoms. The Kier molecular flexibility index (Phi) is 5.99. The van der Waals surface area contributed by atoms with Gasteiger partial charge < -0.3 is 19.5 Å². The molecule has 1 aliphatic carbocycles. The molecule has 0 radical (unpaired) electrons. The van der Waals surface area contributed by atoms with Crippen molar-refractivity contribution >= 4 is 17.4 Å². The second-order valence-electron chi connectivity index (χ2n) is 6.49. The fourth-order valence-electron chi connectivity index (χ4n) is 3.46. The molecule has 0 unspecified atom stereocenters. The maximum atomic E-state index is 12.8. The van der Waals surface area contributed by atoms with Crippen molar-refractivity contribution in [1.29, 1.82) is 0 Å². The highest BCUT2D eigenvalue weighted by molar-refractivity contribution is 6.07. The first-order chi connectivity index (χ1) is 13.6. The van der Waals surface area contributed by atoms with Crippen molar-refractivity contribution in [2.45, 2.75) is 12.3 Å². The van der Waals surface area contributed by atoms with Crippen LogP contribution in [0.4, 0.5) is 5.69 Å². The van der Waals surface area contributed by atoms with Gasteiger partial charge in [0.25, 0.3) is 0 Å². The van der Waals surface area contributed by atoms with E-state index in [0.717, 1.165) is 5.56 Å². The number of esters is 1. The van der Waals surface area contributed by atoms with Crippen molar-refractivity contribution < 1.29 is 23.8 Å². The fraction of sp³-hybridized carbons (Fsp3) is 0.273. The molecule has 3 rings (SSSR count). The molecule has 6 nitrogen and oxygen atoms in total. The van der Waals surface area contributed by atoms with E-state index in [0.29, 0.717) is 29.3 Å². The van der Waals surface area contributed by atoms with Crippen LogP contribution in [0.5, 0.6) is 11.5 Å². The first kappa shape index (κ1) is 19.5. The summed E-state index contributed by atoms with van der Waals surface area (Å²) in [6, 6.07) is 14.9. The molecular weight excluding hydrogens is 358 g/mol. The van der Waals surface area contributed by atoms with Gasteiger partial charge in [-0.15, -0.1) is 0 Å². The number of ether oxygens (including phenoxy) is 3. The molecular formula is C22H23NO5. The topological polar surface area (TPSA) is 73.9 Å². The van der Waals surface area contributed by atoms with Gasteiger partial charge in [-0.1, -0.05) is 30.3 Å². The molecule has 0 saturated heterocycles. The zero-order chi connectivity index (χ0) is 20.1. The Morgan fingerprint density at radius 1 is 1.04 bits per heavy atom. The Labute approximate surface area is 164 Å². The number of allylic oxidation sites excluding steroid dienone is 2. The van der Waals surface area contributed by atoms with Crippen LogP contribution in [0.15, 0.2) is 60.3 Å². The third-order valence-corrected chi connectivity index (χ3v) is 4.85. The number of benzene rings is 2. The third-order valence-electron chi connectivity index (χ3n) is 4.85. The number of carbonyl (C=O) groups excluding carboxylic acids is 2. The second kappa shape index (κ2) is 8.61. The summed E-state index contributed by atoms with van der Waals surface area (Å²) in [4.78, 5) is 25.1. The molecule has 146 valence electrons. The first-order valence-corrected chi connectivity index (χ1v) is 8.93. The van der Waals surface area contributed by atoms with Gasteiger partial charge in [-0.25, -0.2) is 0 Å². The Morgan fingerprint density at radius 2 is 1.79 bits per heavy atom. The number of methoxy groups -OCH3 is 3. The van der Waals surface area contributed by atoms with Gasteiger partial charge in [-0.05, 0) is 24.1 Å². The normalized spacial score (nSPS) is 18.8. The van der Waals surface area contributed by atoms with E-state index in [1.165, 1.54) is 13.2 Å². The highest BCUT2D eigenvalue weighted by Crippen LogP contribution is 2.38. The van der Waals surface area contributed by atoms with E-state index < -0.39 is 11.9 Å². The molecule has 0 amide bonds. The fourth-order valence-corrected chi connectivity index (χ4v) is 3.46. The van der Waals surface area contributed by atoms with Crippen LogP contribution in [0.2, 0.25) is 0 Å². The molecule has 6 heteroatoms. The summed E-state index contributed by atoms with van der Waals surface area (Å²) >= 11 is 0. The molecule has 1 aliphatic rings. The van der Waals surface area contributed by atoms with Crippen molar-refractivity contribution in [3.05, 3.63) is 65.9 Å². The van der Waals surface area contributed by atoms with Crippen molar-refractivity contribution in [2.75, 3.05) is 26.6 Å². The van der Waals surface area contributed by atoms with Crippen LogP contribution in [0.25, 0.3) is 0 Å². The van der Waals surface area contributed by atoms with E-state index in [2.05, 4.69) is 5.32 Å². The summed E-state index contributed by atoms with van der Waals surface area (Å²) in [5.41, 5.74) is 2.30. The lowest BCUT2D eigenvalue weighted by molar-refractivity contribution is -0.149. The van der Waals surface area contributed by atoms with Crippen molar-refractivity contribution in [3.63, 3.8) is 0 Å². The van der Waals surface area contributed by atoms with Crippen LogP contribution < -0.4 is 14.8 Å². The van der Waals surface area contributed by atoms with Crippen LogP contribution in [-0.4, -0.2) is 33.1 Å². The zero-order valence-corrected chi connectivity index (χ0v) is 16.1. The first-order valence-electron chi connectivity index (χ1n) is 8.93. The lowest BCUT2D eigenvalue weighted by atomic mass is 9.76. The molecule has 0 aliphatic heterocycles. The van der Waals surface area contributed by atoms with Gasteiger partial charge in [0, 0.05) is 23.8 Å². The second-order valence-corrected chi connectivity index (χ2v) is 6.49. The third kappa shape index (κ3) is 4.01. The minimum atomic E-state index is -0.856.